The summed E-state index contributed by atoms with van der Waals surface area (Å²) in [5.41, 5.74) is 0.496. The van der Waals surface area contributed by atoms with Gasteiger partial charge in [-0.1, -0.05) is 40.0 Å². The van der Waals surface area contributed by atoms with Crippen LogP contribution in [-0.4, -0.2) is 12.7 Å². The Morgan fingerprint density at radius 3 is 2.69 bits per heavy atom. The van der Waals surface area contributed by atoms with Gasteiger partial charge in [0, 0.05) is 0 Å². The summed E-state index contributed by atoms with van der Waals surface area (Å²) in [7, 11) is 0. The van der Waals surface area contributed by atoms with Crippen molar-refractivity contribution >= 4 is 0 Å². The highest BCUT2D eigenvalue weighted by Gasteiger charge is 2.34. The number of unbranched alkanes of at least 4 members (excludes halogenated alkanes) is 1. The van der Waals surface area contributed by atoms with Crippen LogP contribution in [0.15, 0.2) is 0 Å². The third kappa shape index (κ3) is 3.30. The first-order valence-electron chi connectivity index (χ1n) is 5.82. The van der Waals surface area contributed by atoms with Crippen LogP contribution in [-0.2, 0) is 4.74 Å². The molecule has 0 aliphatic carbocycles. The van der Waals surface area contributed by atoms with E-state index in [1.165, 1.54) is 38.5 Å². The Labute approximate surface area is 82.9 Å². The normalized spacial score (nSPS) is 33.9. The fraction of sp³-hybridized carbons (Fsp3) is 1.00. The van der Waals surface area contributed by atoms with Gasteiger partial charge in [-0.25, -0.2) is 0 Å². The van der Waals surface area contributed by atoms with E-state index in [1.54, 1.807) is 0 Å². The van der Waals surface area contributed by atoms with Crippen LogP contribution >= 0.6 is 0 Å². The Hall–Kier alpha value is -0.0400. The minimum Gasteiger partial charge on any atom is -0.378 e. The van der Waals surface area contributed by atoms with Gasteiger partial charge in [0.1, 0.15) is 0 Å². The molecule has 0 radical (unpaired) electrons. The molecule has 1 saturated heterocycles. The SMILES string of the molecule is CCCCC1(C)COC(CCC)C1. The highest BCUT2D eigenvalue weighted by Crippen LogP contribution is 2.38. The van der Waals surface area contributed by atoms with Gasteiger partial charge in [-0.05, 0) is 24.7 Å². The largest absolute Gasteiger partial charge is 0.378 e. The molecule has 0 aromatic carbocycles. The topological polar surface area (TPSA) is 9.23 Å². The molecule has 0 aromatic heterocycles. The Morgan fingerprint density at radius 2 is 2.08 bits per heavy atom. The lowest BCUT2D eigenvalue weighted by atomic mass is 9.82. The summed E-state index contributed by atoms with van der Waals surface area (Å²) in [6.45, 7) is 7.89. The highest BCUT2D eigenvalue weighted by atomic mass is 16.5. The molecular weight excluding hydrogens is 160 g/mol. The zero-order chi connectivity index (χ0) is 9.73. The molecule has 2 unspecified atom stereocenters. The summed E-state index contributed by atoms with van der Waals surface area (Å²) >= 11 is 0. The van der Waals surface area contributed by atoms with Crippen molar-refractivity contribution in [2.75, 3.05) is 6.61 Å². The molecule has 0 spiro atoms. The maximum absolute atomic E-state index is 5.81. The van der Waals surface area contributed by atoms with Crippen molar-refractivity contribution in [2.24, 2.45) is 5.41 Å². The van der Waals surface area contributed by atoms with Gasteiger partial charge in [-0.3, -0.25) is 0 Å². The van der Waals surface area contributed by atoms with Gasteiger partial charge >= 0.3 is 0 Å². The van der Waals surface area contributed by atoms with Gasteiger partial charge < -0.3 is 4.74 Å². The van der Waals surface area contributed by atoms with Gasteiger partial charge in [-0.2, -0.15) is 0 Å². The van der Waals surface area contributed by atoms with Crippen molar-refractivity contribution in [1.82, 2.24) is 0 Å². The number of rotatable bonds is 5. The van der Waals surface area contributed by atoms with Crippen molar-refractivity contribution in [3.63, 3.8) is 0 Å². The maximum Gasteiger partial charge on any atom is 0.0581 e. The van der Waals surface area contributed by atoms with Crippen molar-refractivity contribution in [1.29, 1.82) is 0 Å². The molecule has 1 aliphatic heterocycles. The van der Waals surface area contributed by atoms with Crippen LogP contribution < -0.4 is 0 Å². The summed E-state index contributed by atoms with van der Waals surface area (Å²) in [6.07, 6.45) is 8.39. The molecule has 1 rings (SSSR count). The fourth-order valence-corrected chi connectivity index (χ4v) is 2.27. The van der Waals surface area contributed by atoms with E-state index < -0.39 is 0 Å². The molecular formula is C12H24O. The molecule has 1 fully saturated rings. The van der Waals surface area contributed by atoms with Crippen molar-refractivity contribution in [2.45, 2.75) is 65.4 Å². The summed E-state index contributed by atoms with van der Waals surface area (Å²) in [5, 5.41) is 0. The van der Waals surface area contributed by atoms with E-state index in [-0.39, 0.29) is 0 Å². The fourth-order valence-electron chi connectivity index (χ4n) is 2.27. The number of hydrogen-bond donors (Lipinski definition) is 0. The molecule has 0 saturated carbocycles. The van der Waals surface area contributed by atoms with Crippen LogP contribution in [0.5, 0.6) is 0 Å². The molecule has 1 aliphatic rings. The van der Waals surface area contributed by atoms with Crippen molar-refractivity contribution in [3.05, 3.63) is 0 Å². The predicted octanol–water partition coefficient (Wildman–Crippen LogP) is 3.77. The summed E-state index contributed by atoms with van der Waals surface area (Å²) in [5.74, 6) is 0. The van der Waals surface area contributed by atoms with Gasteiger partial charge in [-0.15, -0.1) is 0 Å². The van der Waals surface area contributed by atoms with Crippen molar-refractivity contribution in [3.8, 4) is 0 Å². The standard InChI is InChI=1S/C12H24O/c1-4-6-8-12(3)9-11(7-5-2)13-10-12/h11H,4-10H2,1-3H3. The minimum absolute atomic E-state index is 0.496. The highest BCUT2D eigenvalue weighted by molar-refractivity contribution is 4.83. The second-order valence-electron chi connectivity index (χ2n) is 4.84. The number of ether oxygens (including phenoxy) is 1. The Morgan fingerprint density at radius 1 is 1.31 bits per heavy atom. The van der Waals surface area contributed by atoms with Crippen LogP contribution in [0.4, 0.5) is 0 Å². The molecule has 2 atom stereocenters. The summed E-state index contributed by atoms with van der Waals surface area (Å²) < 4.78 is 5.81. The van der Waals surface area contributed by atoms with Crippen LogP contribution in [0.1, 0.15) is 59.3 Å². The Kier molecular flexibility index (Phi) is 4.24. The Balaban J connectivity index is 2.28. The lowest BCUT2D eigenvalue weighted by molar-refractivity contribution is 0.0897. The van der Waals surface area contributed by atoms with E-state index in [2.05, 4.69) is 20.8 Å². The summed E-state index contributed by atoms with van der Waals surface area (Å²) in [6, 6.07) is 0. The second kappa shape index (κ2) is 4.99. The molecule has 0 aromatic rings. The van der Waals surface area contributed by atoms with E-state index in [1.807, 2.05) is 0 Å². The summed E-state index contributed by atoms with van der Waals surface area (Å²) in [4.78, 5) is 0. The molecule has 1 heterocycles. The average Bonchev–Trinajstić information content (AvgIpc) is 2.46. The van der Waals surface area contributed by atoms with Gasteiger partial charge in [0.05, 0.1) is 12.7 Å². The quantitative estimate of drug-likeness (QED) is 0.632. The zero-order valence-electron chi connectivity index (χ0n) is 9.44. The maximum atomic E-state index is 5.81. The van der Waals surface area contributed by atoms with E-state index in [0.717, 1.165) is 6.61 Å². The van der Waals surface area contributed by atoms with Crippen molar-refractivity contribution < 1.29 is 4.74 Å². The zero-order valence-corrected chi connectivity index (χ0v) is 9.44. The lowest BCUT2D eigenvalue weighted by Gasteiger charge is -2.21. The first-order chi connectivity index (χ1) is 6.20. The van der Waals surface area contributed by atoms with E-state index in [4.69, 9.17) is 4.74 Å². The third-order valence-corrected chi connectivity index (χ3v) is 3.13. The first-order valence-corrected chi connectivity index (χ1v) is 5.82. The van der Waals surface area contributed by atoms with E-state index in [9.17, 15) is 0 Å². The van der Waals surface area contributed by atoms with Crippen LogP contribution in [0.2, 0.25) is 0 Å². The monoisotopic (exact) mass is 184 g/mol. The van der Waals surface area contributed by atoms with Crippen LogP contribution in [0.25, 0.3) is 0 Å². The van der Waals surface area contributed by atoms with Gasteiger partial charge in [0.25, 0.3) is 0 Å². The third-order valence-electron chi connectivity index (χ3n) is 3.13. The molecule has 13 heavy (non-hydrogen) atoms. The van der Waals surface area contributed by atoms with Gasteiger partial charge in [0.2, 0.25) is 0 Å². The molecule has 1 heteroatoms. The first kappa shape index (κ1) is 11.0. The molecule has 0 N–H and O–H groups in total. The number of hydrogen-bond acceptors (Lipinski definition) is 1. The second-order valence-corrected chi connectivity index (χ2v) is 4.84. The van der Waals surface area contributed by atoms with E-state index >= 15 is 0 Å². The minimum atomic E-state index is 0.496. The lowest BCUT2D eigenvalue weighted by Crippen LogP contribution is -2.16. The molecule has 0 bridgehead atoms. The molecule has 1 nitrogen and oxygen atoms in total. The van der Waals surface area contributed by atoms with Crippen LogP contribution in [0, 0.1) is 5.41 Å². The van der Waals surface area contributed by atoms with Gasteiger partial charge in [0.15, 0.2) is 0 Å². The predicted molar refractivity (Wildman–Crippen MR) is 56.9 cm³/mol. The molecule has 78 valence electrons. The Bertz CT molecular complexity index is 144. The van der Waals surface area contributed by atoms with E-state index in [0.29, 0.717) is 11.5 Å². The van der Waals surface area contributed by atoms with Crippen LogP contribution in [0.3, 0.4) is 0 Å². The molecule has 0 amide bonds. The average molecular weight is 184 g/mol. The smallest absolute Gasteiger partial charge is 0.0581 e.